The average molecular weight is 293 g/mol. The predicted molar refractivity (Wildman–Crippen MR) is 83.7 cm³/mol. The first-order valence-corrected chi connectivity index (χ1v) is 8.10. The third-order valence-corrected chi connectivity index (χ3v) is 3.70. The number of alkyl halides is 1. The van der Waals surface area contributed by atoms with Crippen molar-refractivity contribution in [3.05, 3.63) is 0 Å². The van der Waals surface area contributed by atoms with Gasteiger partial charge in [0.25, 0.3) is 0 Å². The van der Waals surface area contributed by atoms with Crippen LogP contribution in [0.1, 0.15) is 59.8 Å². The Hall–Kier alpha value is 0.210. The van der Waals surface area contributed by atoms with Crippen LogP contribution in [0.25, 0.3) is 0 Å². The first-order chi connectivity index (χ1) is 8.95. The molecule has 0 rings (SSSR count). The van der Waals surface area contributed by atoms with Crippen molar-refractivity contribution in [2.75, 3.05) is 20.5 Å². The second kappa shape index (κ2) is 12.0. The zero-order valence-corrected chi connectivity index (χ0v) is 14.2. The van der Waals surface area contributed by atoms with E-state index in [1.807, 2.05) is 0 Å². The molecule has 0 aromatic rings. The van der Waals surface area contributed by atoms with Crippen LogP contribution in [0.5, 0.6) is 0 Å². The molecule has 0 heterocycles. The van der Waals surface area contributed by atoms with Gasteiger partial charge in [0.1, 0.15) is 6.79 Å². The molecule has 0 aliphatic rings. The fourth-order valence-corrected chi connectivity index (χ4v) is 3.22. The Morgan fingerprint density at radius 1 is 0.895 bits per heavy atom. The van der Waals surface area contributed by atoms with Gasteiger partial charge in [-0.05, 0) is 56.8 Å². The number of rotatable bonds is 12. The molecule has 0 saturated carbocycles. The highest BCUT2D eigenvalue weighted by Crippen LogP contribution is 2.25. The lowest BCUT2D eigenvalue weighted by Crippen LogP contribution is -2.11. The van der Waals surface area contributed by atoms with Crippen molar-refractivity contribution >= 4 is 11.6 Å². The molecular formula is C16H33ClO2. The van der Waals surface area contributed by atoms with E-state index in [0.717, 1.165) is 37.2 Å². The quantitative estimate of drug-likeness (QED) is 0.283. The average Bonchev–Trinajstić information content (AvgIpc) is 2.26. The Labute approximate surface area is 125 Å². The highest BCUT2D eigenvalue weighted by atomic mass is 35.5. The second-order valence-corrected chi connectivity index (χ2v) is 7.01. The third kappa shape index (κ3) is 13.0. The van der Waals surface area contributed by atoms with Crippen LogP contribution in [0.4, 0.5) is 0 Å². The molecule has 19 heavy (non-hydrogen) atoms. The summed E-state index contributed by atoms with van der Waals surface area (Å²) in [5.74, 6) is 2.31. The molecule has 0 spiro atoms. The number of ether oxygens (including phenoxy) is 2. The minimum atomic E-state index is 0.303. The molecule has 0 radical (unpaired) electrons. The SMILES string of the molecule is COCOCCCC(C)CC(C)CC(C)CC(C)Cl. The molecular weight excluding hydrogens is 260 g/mol. The number of hydrogen-bond donors (Lipinski definition) is 0. The van der Waals surface area contributed by atoms with Gasteiger partial charge in [-0.25, -0.2) is 0 Å². The van der Waals surface area contributed by atoms with Gasteiger partial charge < -0.3 is 9.47 Å². The van der Waals surface area contributed by atoms with Gasteiger partial charge in [0.15, 0.2) is 0 Å². The van der Waals surface area contributed by atoms with E-state index in [9.17, 15) is 0 Å². The molecule has 0 aliphatic heterocycles. The van der Waals surface area contributed by atoms with Crippen molar-refractivity contribution in [3.8, 4) is 0 Å². The lowest BCUT2D eigenvalue weighted by molar-refractivity contribution is -0.0323. The first-order valence-electron chi connectivity index (χ1n) is 7.66. The van der Waals surface area contributed by atoms with Gasteiger partial charge in [-0.15, -0.1) is 11.6 Å². The van der Waals surface area contributed by atoms with E-state index < -0.39 is 0 Å². The standard InChI is InChI=1S/C16H33ClO2/c1-13(7-6-8-19-12-18-5)9-14(2)10-15(3)11-16(4)17/h13-16H,6-12H2,1-5H3. The lowest BCUT2D eigenvalue weighted by Gasteiger charge is -2.21. The maximum atomic E-state index is 6.05. The van der Waals surface area contributed by atoms with Gasteiger partial charge in [-0.3, -0.25) is 0 Å². The van der Waals surface area contributed by atoms with Crippen LogP contribution in [0.3, 0.4) is 0 Å². The minimum Gasteiger partial charge on any atom is -0.359 e. The summed E-state index contributed by atoms with van der Waals surface area (Å²) in [6.45, 7) is 10.4. The molecule has 4 atom stereocenters. The summed E-state index contributed by atoms with van der Waals surface area (Å²) in [7, 11) is 1.66. The van der Waals surface area contributed by atoms with Crippen LogP contribution >= 0.6 is 11.6 Å². The van der Waals surface area contributed by atoms with Crippen LogP contribution in [-0.4, -0.2) is 25.9 Å². The molecule has 0 saturated heterocycles. The number of hydrogen-bond acceptors (Lipinski definition) is 2. The summed E-state index contributed by atoms with van der Waals surface area (Å²) in [5.41, 5.74) is 0. The van der Waals surface area contributed by atoms with E-state index in [1.54, 1.807) is 7.11 Å². The highest BCUT2D eigenvalue weighted by molar-refractivity contribution is 6.20. The summed E-state index contributed by atoms with van der Waals surface area (Å²) in [5, 5.41) is 0.303. The van der Waals surface area contributed by atoms with Crippen LogP contribution in [0, 0.1) is 17.8 Å². The van der Waals surface area contributed by atoms with E-state index in [1.165, 1.54) is 19.3 Å². The molecule has 0 aromatic heterocycles. The van der Waals surface area contributed by atoms with E-state index in [2.05, 4.69) is 27.7 Å². The fraction of sp³-hybridized carbons (Fsp3) is 1.00. The predicted octanol–water partition coefficient (Wildman–Crippen LogP) is 5.09. The second-order valence-electron chi connectivity index (χ2n) is 6.26. The number of halogens is 1. The number of methoxy groups -OCH3 is 1. The van der Waals surface area contributed by atoms with Gasteiger partial charge >= 0.3 is 0 Å². The monoisotopic (exact) mass is 292 g/mol. The Kier molecular flexibility index (Phi) is 12.1. The van der Waals surface area contributed by atoms with Crippen molar-refractivity contribution in [3.63, 3.8) is 0 Å². The molecule has 0 aliphatic carbocycles. The first kappa shape index (κ1) is 19.2. The topological polar surface area (TPSA) is 18.5 Å². The van der Waals surface area contributed by atoms with E-state index in [0.29, 0.717) is 12.2 Å². The van der Waals surface area contributed by atoms with E-state index >= 15 is 0 Å². The smallest absolute Gasteiger partial charge is 0.146 e. The molecule has 116 valence electrons. The van der Waals surface area contributed by atoms with Gasteiger partial charge in [0.2, 0.25) is 0 Å². The van der Waals surface area contributed by atoms with Crippen LogP contribution < -0.4 is 0 Å². The Morgan fingerprint density at radius 2 is 1.47 bits per heavy atom. The van der Waals surface area contributed by atoms with Gasteiger partial charge in [-0.2, -0.15) is 0 Å². The molecule has 3 heteroatoms. The maximum Gasteiger partial charge on any atom is 0.146 e. The van der Waals surface area contributed by atoms with Crippen LogP contribution in [0.2, 0.25) is 0 Å². The zero-order valence-electron chi connectivity index (χ0n) is 13.5. The molecule has 2 nitrogen and oxygen atoms in total. The largest absolute Gasteiger partial charge is 0.359 e. The maximum absolute atomic E-state index is 6.05. The van der Waals surface area contributed by atoms with E-state index in [4.69, 9.17) is 21.1 Å². The van der Waals surface area contributed by atoms with Crippen LogP contribution in [0.15, 0.2) is 0 Å². The summed E-state index contributed by atoms with van der Waals surface area (Å²) < 4.78 is 10.2. The lowest BCUT2D eigenvalue weighted by atomic mass is 9.86. The van der Waals surface area contributed by atoms with Crippen molar-refractivity contribution in [1.29, 1.82) is 0 Å². The van der Waals surface area contributed by atoms with Crippen molar-refractivity contribution < 1.29 is 9.47 Å². The van der Waals surface area contributed by atoms with Crippen molar-refractivity contribution in [1.82, 2.24) is 0 Å². The summed E-state index contributed by atoms with van der Waals surface area (Å²) >= 11 is 6.05. The van der Waals surface area contributed by atoms with Gasteiger partial charge in [-0.1, -0.05) is 20.8 Å². The Balaban J connectivity index is 3.59. The molecule has 0 N–H and O–H groups in total. The normalized spacial score (nSPS) is 18.0. The summed E-state index contributed by atoms with van der Waals surface area (Å²) in [4.78, 5) is 0. The molecule has 4 unspecified atom stereocenters. The van der Waals surface area contributed by atoms with Crippen molar-refractivity contribution in [2.24, 2.45) is 17.8 Å². The summed E-state index contributed by atoms with van der Waals surface area (Å²) in [6, 6.07) is 0. The van der Waals surface area contributed by atoms with Crippen molar-refractivity contribution in [2.45, 2.75) is 65.2 Å². The highest BCUT2D eigenvalue weighted by Gasteiger charge is 2.14. The van der Waals surface area contributed by atoms with E-state index in [-0.39, 0.29) is 0 Å². The minimum absolute atomic E-state index is 0.303. The molecule has 0 aromatic carbocycles. The van der Waals surface area contributed by atoms with Gasteiger partial charge in [0, 0.05) is 19.1 Å². The third-order valence-electron chi connectivity index (χ3n) is 3.52. The molecule has 0 amide bonds. The fourth-order valence-electron chi connectivity index (χ4n) is 2.91. The Morgan fingerprint density at radius 3 is 2.05 bits per heavy atom. The van der Waals surface area contributed by atoms with Crippen LogP contribution in [-0.2, 0) is 9.47 Å². The van der Waals surface area contributed by atoms with Gasteiger partial charge in [0.05, 0.1) is 0 Å². The zero-order chi connectivity index (χ0) is 14.7. The summed E-state index contributed by atoms with van der Waals surface area (Å²) in [6.07, 6.45) is 6.11. The molecule has 0 fully saturated rings. The Bertz CT molecular complexity index is 197. The molecule has 0 bridgehead atoms.